The topological polar surface area (TPSA) is 128 Å². The lowest BCUT2D eigenvalue weighted by Gasteiger charge is -2.51. The molecule has 54 heavy (non-hydrogen) atoms. The third-order valence-electron chi connectivity index (χ3n) is 10.8. The zero-order chi connectivity index (χ0) is 38.2. The van der Waals surface area contributed by atoms with E-state index < -0.39 is 23.3 Å². The predicted molar refractivity (Wildman–Crippen MR) is 218 cm³/mol. The van der Waals surface area contributed by atoms with Crippen LogP contribution in [0.25, 0.3) is 22.3 Å². The molecule has 0 spiro atoms. The van der Waals surface area contributed by atoms with Crippen molar-refractivity contribution in [3.05, 3.63) is 90.5 Å². The van der Waals surface area contributed by atoms with E-state index in [4.69, 9.17) is 38.1 Å². The summed E-state index contributed by atoms with van der Waals surface area (Å²) in [5.74, 6) is 0.913. The fourth-order valence-corrected chi connectivity index (χ4v) is 19.2. The van der Waals surface area contributed by atoms with Crippen LogP contribution in [0.2, 0.25) is 22.2 Å². The van der Waals surface area contributed by atoms with E-state index in [-0.39, 0.29) is 40.3 Å². The number of anilines is 3. The molecular formula is C41H54N6O5Si2. The van der Waals surface area contributed by atoms with Crippen LogP contribution in [0.15, 0.2) is 84.9 Å². The van der Waals surface area contributed by atoms with Gasteiger partial charge < -0.3 is 33.5 Å². The van der Waals surface area contributed by atoms with Gasteiger partial charge in [-0.1, -0.05) is 128 Å². The fraction of sp³-hybridized carbons (Fsp3) is 0.439. The normalized spacial score (nSPS) is 21.1. The molecule has 2 aromatic heterocycles. The molecule has 0 saturated carbocycles. The summed E-state index contributed by atoms with van der Waals surface area (Å²) in [6.45, 7) is 18.5. The monoisotopic (exact) mass is 766 g/mol. The van der Waals surface area contributed by atoms with Crippen LogP contribution in [0, 0.1) is 0 Å². The standard InChI is InChI=1S/C41H54N6O5Si2/c1-26(2)53(27(3)4)49-25-35-34(51-54(52-53,28(5)6)29(7)8)23-36(50-35)47-38-37(39(46-40(42)45-38)48-24-30-15-11-9-12-16-30)44-41(47)43-33-21-19-32(20-22-33)31-17-13-10-14-18-31/h9-22,26-29,34-36H,23-25H2,1-8H3,(H,43,44)(H2,42,45,46)/t34-,35+,36+/m0/s1. The molecule has 2 saturated heterocycles. The van der Waals surface area contributed by atoms with Crippen molar-refractivity contribution >= 4 is 45.9 Å². The Labute approximate surface area is 321 Å². The van der Waals surface area contributed by atoms with E-state index in [1.54, 1.807) is 0 Å². The van der Waals surface area contributed by atoms with Crippen molar-refractivity contribution in [2.45, 2.75) is 109 Å². The number of nitrogens with zero attached hydrogens (tertiary/aromatic N) is 4. The lowest BCUT2D eigenvalue weighted by Crippen LogP contribution is -2.65. The van der Waals surface area contributed by atoms with Crippen LogP contribution >= 0.6 is 0 Å². The van der Waals surface area contributed by atoms with Gasteiger partial charge in [0.1, 0.15) is 18.9 Å². The Kier molecular flexibility index (Phi) is 11.0. The SMILES string of the molecule is CC(C)[Si]1(C(C)C)OC[C@H]2O[C@@H](n3c(Nc4ccc(-c5ccccc5)cc4)nc4c(OCc5ccccc5)nc(N)nc43)C[C@@H]2O[Si](C(C)C)(C(C)C)O1. The van der Waals surface area contributed by atoms with E-state index in [9.17, 15) is 0 Å². The largest absolute Gasteiger partial charge is 0.471 e. The van der Waals surface area contributed by atoms with Gasteiger partial charge in [0.05, 0.1) is 12.7 Å². The highest BCUT2D eigenvalue weighted by molar-refractivity contribution is 6.84. The van der Waals surface area contributed by atoms with Gasteiger partial charge in [0.25, 0.3) is 0 Å². The van der Waals surface area contributed by atoms with Gasteiger partial charge in [0.2, 0.25) is 17.8 Å². The molecule has 3 N–H and O–H groups in total. The average molecular weight is 767 g/mol. The van der Waals surface area contributed by atoms with Gasteiger partial charge in [-0.3, -0.25) is 4.57 Å². The zero-order valence-corrected chi connectivity index (χ0v) is 34.7. The van der Waals surface area contributed by atoms with Crippen molar-refractivity contribution in [3.8, 4) is 17.0 Å². The van der Waals surface area contributed by atoms with Crippen LogP contribution in [0.3, 0.4) is 0 Å². The van der Waals surface area contributed by atoms with Crippen LogP contribution in [0.1, 0.15) is 73.6 Å². The van der Waals surface area contributed by atoms with Gasteiger partial charge in [-0.15, -0.1) is 0 Å². The van der Waals surface area contributed by atoms with E-state index in [0.29, 0.717) is 42.6 Å². The fourth-order valence-electron chi connectivity index (χ4n) is 7.95. The number of nitrogens with one attached hydrogen (secondary N) is 1. The molecule has 2 aliphatic heterocycles. The third-order valence-corrected chi connectivity index (χ3v) is 21.1. The molecule has 7 rings (SSSR count). The van der Waals surface area contributed by atoms with Crippen LogP contribution in [-0.2, 0) is 24.3 Å². The van der Waals surface area contributed by atoms with Crippen LogP contribution in [0.4, 0.5) is 17.6 Å². The van der Waals surface area contributed by atoms with Crippen LogP contribution < -0.4 is 15.8 Å². The number of fused-ring (bicyclic) bond motifs is 2. The first-order chi connectivity index (χ1) is 25.9. The molecule has 2 aliphatic rings. The van der Waals surface area contributed by atoms with Crippen molar-refractivity contribution in [3.63, 3.8) is 0 Å². The maximum Gasteiger partial charge on any atom is 0.335 e. The van der Waals surface area contributed by atoms with Crippen molar-refractivity contribution < 1.29 is 22.4 Å². The van der Waals surface area contributed by atoms with Gasteiger partial charge in [-0.2, -0.15) is 9.97 Å². The van der Waals surface area contributed by atoms with Crippen molar-refractivity contribution in [1.29, 1.82) is 0 Å². The van der Waals surface area contributed by atoms with Crippen molar-refractivity contribution in [2.24, 2.45) is 0 Å². The first-order valence-electron chi connectivity index (χ1n) is 19.2. The lowest BCUT2D eigenvalue weighted by molar-refractivity contribution is -0.0539. The van der Waals surface area contributed by atoms with Gasteiger partial charge >= 0.3 is 17.1 Å². The molecule has 3 aromatic carbocycles. The number of aromatic nitrogens is 4. The quantitative estimate of drug-likeness (QED) is 0.126. The predicted octanol–water partition coefficient (Wildman–Crippen LogP) is 9.64. The summed E-state index contributed by atoms with van der Waals surface area (Å²) in [6.07, 6.45) is -0.549. The molecule has 286 valence electrons. The number of ether oxygens (including phenoxy) is 2. The van der Waals surface area contributed by atoms with E-state index >= 15 is 0 Å². The van der Waals surface area contributed by atoms with Gasteiger partial charge in [0, 0.05) is 12.1 Å². The molecule has 2 fully saturated rings. The Morgan fingerprint density at radius 2 is 1.37 bits per heavy atom. The van der Waals surface area contributed by atoms with E-state index in [1.165, 1.54) is 0 Å². The lowest BCUT2D eigenvalue weighted by atomic mass is 10.1. The second-order valence-electron chi connectivity index (χ2n) is 15.7. The summed E-state index contributed by atoms with van der Waals surface area (Å²) in [4.78, 5) is 14.3. The van der Waals surface area contributed by atoms with Gasteiger partial charge in [-0.25, -0.2) is 4.98 Å². The molecule has 13 heteroatoms. The molecular weight excluding hydrogens is 713 g/mol. The third kappa shape index (κ3) is 7.32. The highest BCUT2D eigenvalue weighted by Crippen LogP contribution is 2.49. The summed E-state index contributed by atoms with van der Waals surface area (Å²) < 4.78 is 37.1. The van der Waals surface area contributed by atoms with E-state index in [2.05, 4.69) is 90.0 Å². The van der Waals surface area contributed by atoms with E-state index in [0.717, 1.165) is 22.4 Å². The van der Waals surface area contributed by atoms with Crippen molar-refractivity contribution in [1.82, 2.24) is 19.5 Å². The molecule has 0 aliphatic carbocycles. The highest BCUT2D eigenvalue weighted by atomic mass is 28.5. The number of benzene rings is 3. The molecule has 5 aromatic rings. The highest BCUT2D eigenvalue weighted by Gasteiger charge is 2.60. The van der Waals surface area contributed by atoms with Gasteiger partial charge in [-0.05, 0) is 51.0 Å². The van der Waals surface area contributed by atoms with Gasteiger partial charge in [0.15, 0.2) is 11.2 Å². The number of nitrogen functional groups attached to an aromatic ring is 1. The Hall–Kier alpha value is -4.12. The van der Waals surface area contributed by atoms with E-state index in [1.807, 2.05) is 65.2 Å². The second-order valence-corrected chi connectivity index (χ2v) is 24.5. The Morgan fingerprint density at radius 3 is 2.00 bits per heavy atom. The maximum absolute atomic E-state index is 7.45. The second kappa shape index (κ2) is 15.6. The Bertz CT molecular complexity index is 2010. The van der Waals surface area contributed by atoms with Crippen molar-refractivity contribution in [2.75, 3.05) is 17.7 Å². The number of imidazole rings is 1. The van der Waals surface area contributed by atoms with Crippen LogP contribution in [-0.4, -0.2) is 55.5 Å². The minimum atomic E-state index is -2.85. The zero-order valence-electron chi connectivity index (χ0n) is 32.7. The summed E-state index contributed by atoms with van der Waals surface area (Å²) >= 11 is 0. The summed E-state index contributed by atoms with van der Waals surface area (Å²) in [7, 11) is -5.60. The average Bonchev–Trinajstić information content (AvgIpc) is 3.70. The minimum Gasteiger partial charge on any atom is -0.471 e. The number of rotatable bonds is 11. The summed E-state index contributed by atoms with van der Waals surface area (Å²) in [5, 5.41) is 3.57. The summed E-state index contributed by atoms with van der Waals surface area (Å²) in [6, 6.07) is 28.5. The molecule has 0 unspecified atom stereocenters. The molecule has 0 amide bonds. The molecule has 0 bridgehead atoms. The first kappa shape index (κ1) is 38.2. The minimum absolute atomic E-state index is 0.0816. The molecule has 11 nitrogen and oxygen atoms in total. The Balaban J connectivity index is 1.29. The number of hydrogen-bond acceptors (Lipinski definition) is 10. The number of hydrogen-bond donors (Lipinski definition) is 2. The molecule has 0 radical (unpaired) electrons. The van der Waals surface area contributed by atoms with Crippen LogP contribution in [0.5, 0.6) is 5.88 Å². The molecule has 3 atom stereocenters. The first-order valence-corrected chi connectivity index (χ1v) is 23.2. The number of nitrogens with two attached hydrogens (primary N) is 1. The summed E-state index contributed by atoms with van der Waals surface area (Å²) in [5.41, 5.74) is 12.4. The molecule has 4 heterocycles. The smallest absolute Gasteiger partial charge is 0.335 e. The maximum atomic E-state index is 7.45. The Morgan fingerprint density at radius 1 is 0.759 bits per heavy atom.